The smallest absolute Gasteiger partial charge is 0.273 e. The molecule has 2 heterocycles. The Labute approximate surface area is 160 Å². The molecule has 2 fully saturated rings. The summed E-state index contributed by atoms with van der Waals surface area (Å²) in [7, 11) is 0. The maximum absolute atomic E-state index is 12.5. The van der Waals surface area contributed by atoms with Crippen LogP contribution in [0.4, 0.5) is 0 Å². The third-order valence-corrected chi connectivity index (χ3v) is 6.11. The Kier molecular flexibility index (Phi) is 8.13. The topological polar surface area (TPSA) is 68.5 Å². The van der Waals surface area contributed by atoms with Crippen LogP contribution in [0.2, 0.25) is 0 Å². The van der Waals surface area contributed by atoms with Gasteiger partial charge in [0.2, 0.25) is 0 Å². The Morgan fingerprint density at radius 1 is 1.24 bits per heavy atom. The fraction of sp³-hybridized carbons (Fsp3) is 0.778. The van der Waals surface area contributed by atoms with Crippen molar-refractivity contribution in [2.24, 2.45) is 11.7 Å². The lowest BCUT2D eigenvalue weighted by atomic mass is 9.88. The molecule has 0 radical (unpaired) electrons. The highest BCUT2D eigenvalue weighted by atomic mass is 35.5. The zero-order valence-corrected chi connectivity index (χ0v) is 16.6. The van der Waals surface area contributed by atoms with Crippen LogP contribution in [0.5, 0.6) is 0 Å². The number of thiazole rings is 1. The Bertz CT molecular complexity index is 538. The summed E-state index contributed by atoms with van der Waals surface area (Å²) in [6, 6.07) is 0. The first kappa shape index (κ1) is 20.6. The summed E-state index contributed by atoms with van der Waals surface area (Å²) in [4.78, 5) is 18.9. The van der Waals surface area contributed by atoms with Gasteiger partial charge in [0.1, 0.15) is 5.69 Å². The van der Waals surface area contributed by atoms with Crippen LogP contribution >= 0.6 is 23.7 Å². The number of piperidine rings is 1. The fourth-order valence-electron chi connectivity index (χ4n) is 3.64. The number of hydrogen-bond acceptors (Lipinski definition) is 5. The normalized spacial score (nSPS) is 24.8. The molecule has 0 atom stereocenters. The Hall–Kier alpha value is -0.690. The summed E-state index contributed by atoms with van der Waals surface area (Å²) < 4.78 is 6.28. The summed E-state index contributed by atoms with van der Waals surface area (Å²) in [5.41, 5.74) is 6.12. The number of nitrogens with zero attached hydrogens (tertiary/aromatic N) is 2. The molecular weight excluding hydrogens is 358 g/mol. The summed E-state index contributed by atoms with van der Waals surface area (Å²) in [6.07, 6.45) is 8.35. The van der Waals surface area contributed by atoms with E-state index >= 15 is 0 Å². The number of hydrogen-bond donors (Lipinski definition) is 1. The molecule has 25 heavy (non-hydrogen) atoms. The van der Waals surface area contributed by atoms with E-state index in [2.05, 4.69) is 11.9 Å². The number of nitrogens with two attached hydrogens (primary N) is 1. The molecule has 7 heteroatoms. The van der Waals surface area contributed by atoms with Crippen molar-refractivity contribution in [1.29, 1.82) is 0 Å². The van der Waals surface area contributed by atoms with Crippen molar-refractivity contribution in [3.05, 3.63) is 16.1 Å². The van der Waals surface area contributed by atoms with Crippen LogP contribution in [0.25, 0.3) is 0 Å². The van der Waals surface area contributed by atoms with Crippen molar-refractivity contribution < 1.29 is 9.53 Å². The lowest BCUT2D eigenvalue weighted by molar-refractivity contribution is -0.0571. The van der Waals surface area contributed by atoms with Crippen molar-refractivity contribution >= 4 is 29.7 Å². The van der Waals surface area contributed by atoms with E-state index < -0.39 is 0 Å². The molecule has 1 aromatic rings. The van der Waals surface area contributed by atoms with Crippen LogP contribution in [0, 0.1) is 5.92 Å². The molecule has 0 bridgehead atoms. The molecule has 1 saturated heterocycles. The van der Waals surface area contributed by atoms with E-state index in [4.69, 9.17) is 10.5 Å². The van der Waals surface area contributed by atoms with Gasteiger partial charge in [0, 0.05) is 24.9 Å². The first-order valence-corrected chi connectivity index (χ1v) is 10.1. The Morgan fingerprint density at radius 3 is 2.52 bits per heavy atom. The molecule has 1 aliphatic carbocycles. The van der Waals surface area contributed by atoms with Crippen molar-refractivity contribution in [2.45, 2.75) is 64.1 Å². The van der Waals surface area contributed by atoms with Crippen molar-refractivity contribution in [2.75, 3.05) is 19.6 Å². The predicted octanol–water partition coefficient (Wildman–Crippen LogP) is 3.27. The number of ether oxygens (including phenoxy) is 1. The van der Waals surface area contributed by atoms with Gasteiger partial charge in [-0.2, -0.15) is 0 Å². The van der Waals surface area contributed by atoms with E-state index in [0.717, 1.165) is 43.3 Å². The number of amides is 1. The third-order valence-electron chi connectivity index (χ3n) is 5.21. The maximum atomic E-state index is 12.5. The molecule has 1 aliphatic heterocycles. The molecule has 0 aromatic carbocycles. The zero-order chi connectivity index (χ0) is 16.9. The van der Waals surface area contributed by atoms with E-state index in [1.165, 1.54) is 37.0 Å². The van der Waals surface area contributed by atoms with Crippen LogP contribution in [0.1, 0.15) is 60.9 Å². The van der Waals surface area contributed by atoms with Gasteiger partial charge < -0.3 is 15.4 Å². The zero-order valence-electron chi connectivity index (χ0n) is 15.0. The van der Waals surface area contributed by atoms with Gasteiger partial charge in [0.05, 0.1) is 17.2 Å². The summed E-state index contributed by atoms with van der Waals surface area (Å²) in [5, 5.41) is 2.81. The van der Waals surface area contributed by atoms with Crippen molar-refractivity contribution in [3.63, 3.8) is 0 Å². The quantitative estimate of drug-likeness (QED) is 0.841. The van der Waals surface area contributed by atoms with Crippen LogP contribution < -0.4 is 5.73 Å². The van der Waals surface area contributed by atoms with Gasteiger partial charge in [-0.1, -0.05) is 6.92 Å². The molecule has 2 N–H and O–H groups in total. The number of likely N-dealkylation sites (tertiary alicyclic amines) is 1. The first-order chi connectivity index (χ1) is 11.7. The summed E-state index contributed by atoms with van der Waals surface area (Å²) in [6.45, 7) is 4.45. The minimum Gasteiger partial charge on any atom is -0.375 e. The fourth-order valence-corrected chi connectivity index (χ4v) is 4.43. The van der Waals surface area contributed by atoms with E-state index in [9.17, 15) is 4.79 Å². The highest BCUT2D eigenvalue weighted by Gasteiger charge is 2.28. The number of carbonyl (C=O) groups is 1. The molecular formula is C18H30ClN3O2S. The Morgan fingerprint density at radius 2 is 1.88 bits per heavy atom. The highest BCUT2D eigenvalue weighted by Crippen LogP contribution is 2.28. The number of rotatable bonds is 5. The number of halogens is 1. The predicted molar refractivity (Wildman–Crippen MR) is 104 cm³/mol. The Balaban J connectivity index is 0.00000225. The molecule has 3 rings (SSSR count). The second kappa shape index (κ2) is 9.86. The van der Waals surface area contributed by atoms with Crippen LogP contribution in [-0.4, -0.2) is 47.6 Å². The molecule has 142 valence electrons. The van der Waals surface area contributed by atoms with Gasteiger partial charge in [-0.25, -0.2) is 4.98 Å². The van der Waals surface area contributed by atoms with Crippen LogP contribution in [0.3, 0.4) is 0 Å². The second-order valence-electron chi connectivity index (χ2n) is 7.17. The lowest BCUT2D eigenvalue weighted by Gasteiger charge is -2.35. The van der Waals surface area contributed by atoms with E-state index in [1.807, 2.05) is 10.3 Å². The first-order valence-electron chi connectivity index (χ1n) is 9.25. The summed E-state index contributed by atoms with van der Waals surface area (Å²) >= 11 is 1.53. The van der Waals surface area contributed by atoms with E-state index in [0.29, 0.717) is 24.4 Å². The highest BCUT2D eigenvalue weighted by molar-refractivity contribution is 7.09. The number of carbonyl (C=O) groups excluding carboxylic acids is 1. The third kappa shape index (κ3) is 5.64. The minimum absolute atomic E-state index is 0. The molecule has 2 aliphatic rings. The molecule has 0 spiro atoms. The largest absolute Gasteiger partial charge is 0.375 e. The average molecular weight is 388 g/mol. The molecule has 1 aromatic heterocycles. The number of aromatic nitrogens is 1. The maximum Gasteiger partial charge on any atom is 0.273 e. The average Bonchev–Trinajstić information content (AvgIpc) is 3.06. The SMILES string of the molecule is CC1CCC(OC2CCN(C(=O)c3csc(CCN)n3)CC2)CC1.Cl. The molecule has 0 unspecified atom stereocenters. The van der Waals surface area contributed by atoms with Gasteiger partial charge >= 0.3 is 0 Å². The minimum atomic E-state index is 0. The molecule has 1 amide bonds. The molecule has 1 saturated carbocycles. The van der Waals surface area contributed by atoms with Gasteiger partial charge in [-0.15, -0.1) is 23.7 Å². The lowest BCUT2D eigenvalue weighted by Crippen LogP contribution is -2.42. The van der Waals surface area contributed by atoms with Crippen LogP contribution in [0.15, 0.2) is 5.38 Å². The van der Waals surface area contributed by atoms with Gasteiger partial charge in [-0.3, -0.25) is 4.79 Å². The van der Waals surface area contributed by atoms with E-state index in [-0.39, 0.29) is 18.3 Å². The van der Waals surface area contributed by atoms with Gasteiger partial charge in [0.25, 0.3) is 5.91 Å². The summed E-state index contributed by atoms with van der Waals surface area (Å²) in [5.74, 6) is 0.908. The van der Waals surface area contributed by atoms with E-state index in [1.54, 1.807) is 0 Å². The molecule has 5 nitrogen and oxygen atoms in total. The van der Waals surface area contributed by atoms with Crippen molar-refractivity contribution in [1.82, 2.24) is 9.88 Å². The van der Waals surface area contributed by atoms with Gasteiger partial charge in [0.15, 0.2) is 0 Å². The van der Waals surface area contributed by atoms with Crippen LogP contribution in [-0.2, 0) is 11.2 Å². The monoisotopic (exact) mass is 387 g/mol. The van der Waals surface area contributed by atoms with Crippen molar-refractivity contribution in [3.8, 4) is 0 Å². The standard InChI is InChI=1S/C18H29N3O2S.ClH/c1-13-2-4-14(5-3-13)23-15-7-10-21(11-8-15)18(22)16-12-24-17(20-16)6-9-19;/h12-15H,2-11,19H2,1H3;1H. The van der Waals surface area contributed by atoms with Gasteiger partial charge in [-0.05, 0) is 51.0 Å². The second-order valence-corrected chi connectivity index (χ2v) is 8.12.